The largest absolute Gasteiger partial charge is 0.494 e. The van der Waals surface area contributed by atoms with E-state index in [1.54, 1.807) is 48.5 Å². The van der Waals surface area contributed by atoms with Crippen LogP contribution in [0, 0.1) is 23.4 Å². The van der Waals surface area contributed by atoms with E-state index in [0.29, 0.717) is 67.9 Å². The Morgan fingerprint density at radius 3 is 2.29 bits per heavy atom. The predicted octanol–water partition coefficient (Wildman–Crippen LogP) is 8.00. The third-order valence-electron chi connectivity index (χ3n) is 6.79. The standard InChI is InChI=1S/C31H31F3O4/c1-3-5-18-37-24-14-17-28(27(32)19-24)38-31(35)22-8-6-20(7-9-22)25-15-16-26(30(34)29(25)33)21-10-12-23(13-11-21)36-4-2/h3,10-17,19-20,22H,1,4-9,18H2,2H3. The molecule has 200 valence electrons. The summed E-state index contributed by atoms with van der Waals surface area (Å²) in [5.74, 6) is -2.78. The topological polar surface area (TPSA) is 44.8 Å². The summed E-state index contributed by atoms with van der Waals surface area (Å²) in [7, 11) is 0. The Balaban J connectivity index is 1.36. The number of ether oxygens (including phenoxy) is 3. The Morgan fingerprint density at radius 1 is 0.921 bits per heavy atom. The molecule has 0 unspecified atom stereocenters. The molecule has 38 heavy (non-hydrogen) atoms. The predicted molar refractivity (Wildman–Crippen MR) is 140 cm³/mol. The molecule has 3 aromatic rings. The van der Waals surface area contributed by atoms with Gasteiger partial charge in [0.05, 0.1) is 19.1 Å². The molecule has 0 bridgehead atoms. The van der Waals surface area contributed by atoms with Crippen LogP contribution in [-0.2, 0) is 4.79 Å². The average molecular weight is 525 g/mol. The minimum atomic E-state index is -0.888. The maximum atomic E-state index is 15.1. The van der Waals surface area contributed by atoms with Crippen molar-refractivity contribution in [2.75, 3.05) is 13.2 Å². The lowest BCUT2D eigenvalue weighted by atomic mass is 9.78. The molecule has 0 aromatic heterocycles. The molecule has 0 radical (unpaired) electrons. The van der Waals surface area contributed by atoms with Gasteiger partial charge in [-0.1, -0.05) is 30.3 Å². The minimum Gasteiger partial charge on any atom is -0.494 e. The van der Waals surface area contributed by atoms with Crippen molar-refractivity contribution in [3.63, 3.8) is 0 Å². The second kappa shape index (κ2) is 12.7. The van der Waals surface area contributed by atoms with Gasteiger partial charge >= 0.3 is 5.97 Å². The Morgan fingerprint density at radius 2 is 1.63 bits per heavy atom. The van der Waals surface area contributed by atoms with Crippen LogP contribution in [-0.4, -0.2) is 19.2 Å². The molecule has 7 heteroatoms. The number of rotatable bonds is 10. The third-order valence-corrected chi connectivity index (χ3v) is 6.79. The van der Waals surface area contributed by atoms with Crippen molar-refractivity contribution in [2.24, 2.45) is 5.92 Å². The summed E-state index contributed by atoms with van der Waals surface area (Å²) >= 11 is 0. The van der Waals surface area contributed by atoms with Crippen LogP contribution in [0.25, 0.3) is 11.1 Å². The lowest BCUT2D eigenvalue weighted by Gasteiger charge is -2.28. The summed E-state index contributed by atoms with van der Waals surface area (Å²) in [5.41, 5.74) is 1.05. The highest BCUT2D eigenvalue weighted by atomic mass is 19.2. The van der Waals surface area contributed by atoms with Gasteiger partial charge in [0.1, 0.15) is 11.5 Å². The van der Waals surface area contributed by atoms with Crippen LogP contribution in [0.15, 0.2) is 67.3 Å². The average Bonchev–Trinajstić information content (AvgIpc) is 2.93. The molecule has 1 aliphatic rings. The van der Waals surface area contributed by atoms with E-state index in [1.165, 1.54) is 12.1 Å². The normalized spacial score (nSPS) is 17.1. The molecule has 0 saturated heterocycles. The van der Waals surface area contributed by atoms with E-state index in [-0.39, 0.29) is 17.2 Å². The number of carbonyl (C=O) groups is 1. The molecule has 0 spiro atoms. The minimum absolute atomic E-state index is 0.161. The Labute approximate surface area is 221 Å². The molecule has 1 saturated carbocycles. The second-order valence-electron chi connectivity index (χ2n) is 9.28. The maximum Gasteiger partial charge on any atom is 0.314 e. The van der Waals surface area contributed by atoms with Gasteiger partial charge in [-0.15, -0.1) is 6.58 Å². The molecule has 0 amide bonds. The smallest absolute Gasteiger partial charge is 0.314 e. The molecule has 0 atom stereocenters. The van der Waals surface area contributed by atoms with E-state index in [9.17, 15) is 9.18 Å². The molecular weight excluding hydrogens is 493 g/mol. The number of carbonyl (C=O) groups excluding carboxylic acids is 1. The van der Waals surface area contributed by atoms with Crippen molar-refractivity contribution in [1.82, 2.24) is 0 Å². The Hall–Kier alpha value is -3.74. The maximum absolute atomic E-state index is 15.1. The first kappa shape index (κ1) is 27.3. The molecule has 1 fully saturated rings. The fraction of sp³-hybridized carbons (Fsp3) is 0.323. The summed E-state index contributed by atoms with van der Waals surface area (Å²) in [6, 6.07) is 14.2. The number of benzene rings is 3. The number of hydrogen-bond donors (Lipinski definition) is 0. The highest BCUT2D eigenvalue weighted by Crippen LogP contribution is 2.39. The molecule has 4 rings (SSSR count). The molecule has 3 aromatic carbocycles. The van der Waals surface area contributed by atoms with E-state index in [4.69, 9.17) is 14.2 Å². The molecular formula is C31H31F3O4. The van der Waals surface area contributed by atoms with Crippen molar-refractivity contribution < 1.29 is 32.2 Å². The zero-order valence-electron chi connectivity index (χ0n) is 21.4. The lowest BCUT2D eigenvalue weighted by Crippen LogP contribution is -2.25. The van der Waals surface area contributed by atoms with E-state index in [0.717, 1.165) is 0 Å². The highest BCUT2D eigenvalue weighted by Gasteiger charge is 2.31. The first-order chi connectivity index (χ1) is 18.4. The van der Waals surface area contributed by atoms with Gasteiger partial charge in [0.15, 0.2) is 23.2 Å². The Bertz CT molecular complexity index is 1260. The van der Waals surface area contributed by atoms with Crippen molar-refractivity contribution in [3.8, 4) is 28.4 Å². The highest BCUT2D eigenvalue weighted by molar-refractivity contribution is 5.75. The molecule has 4 nitrogen and oxygen atoms in total. The zero-order valence-corrected chi connectivity index (χ0v) is 21.4. The molecule has 0 heterocycles. The van der Waals surface area contributed by atoms with Crippen LogP contribution in [0.2, 0.25) is 0 Å². The van der Waals surface area contributed by atoms with E-state index < -0.39 is 29.3 Å². The first-order valence-electron chi connectivity index (χ1n) is 12.9. The van der Waals surface area contributed by atoms with Crippen molar-refractivity contribution >= 4 is 5.97 Å². The number of esters is 1. The quantitative estimate of drug-likeness (QED) is 0.117. The molecule has 0 aliphatic heterocycles. The van der Waals surface area contributed by atoms with Gasteiger partial charge in [-0.25, -0.2) is 13.2 Å². The van der Waals surface area contributed by atoms with Gasteiger partial charge in [0, 0.05) is 11.6 Å². The van der Waals surface area contributed by atoms with Crippen LogP contribution < -0.4 is 14.2 Å². The van der Waals surface area contributed by atoms with Gasteiger partial charge in [-0.2, -0.15) is 0 Å². The number of halogens is 3. The van der Waals surface area contributed by atoms with E-state index in [1.807, 2.05) is 6.92 Å². The lowest BCUT2D eigenvalue weighted by molar-refractivity contribution is -0.140. The summed E-state index contributed by atoms with van der Waals surface area (Å²) in [5, 5.41) is 0. The van der Waals surface area contributed by atoms with E-state index >= 15 is 8.78 Å². The fourth-order valence-corrected chi connectivity index (χ4v) is 4.75. The van der Waals surface area contributed by atoms with Gasteiger partial charge in [-0.05, 0) is 80.3 Å². The van der Waals surface area contributed by atoms with E-state index in [2.05, 4.69) is 6.58 Å². The van der Waals surface area contributed by atoms with Crippen LogP contribution >= 0.6 is 0 Å². The first-order valence-corrected chi connectivity index (χ1v) is 12.9. The van der Waals surface area contributed by atoms with Gasteiger partial charge < -0.3 is 14.2 Å². The van der Waals surface area contributed by atoms with Gasteiger partial charge in [0.25, 0.3) is 0 Å². The van der Waals surface area contributed by atoms with Crippen molar-refractivity contribution in [1.29, 1.82) is 0 Å². The third kappa shape index (κ3) is 6.39. The van der Waals surface area contributed by atoms with Gasteiger partial charge in [0.2, 0.25) is 0 Å². The molecule has 1 aliphatic carbocycles. The SMILES string of the molecule is C=CCCOc1ccc(OC(=O)C2CCC(c3ccc(-c4ccc(OCC)cc4)c(F)c3F)CC2)c(F)c1. The molecule has 0 N–H and O–H groups in total. The van der Waals surface area contributed by atoms with Crippen LogP contribution in [0.3, 0.4) is 0 Å². The Kier molecular flexibility index (Phi) is 9.10. The van der Waals surface area contributed by atoms with Crippen LogP contribution in [0.5, 0.6) is 17.2 Å². The van der Waals surface area contributed by atoms with Crippen molar-refractivity contribution in [3.05, 3.63) is 90.3 Å². The summed E-state index contributed by atoms with van der Waals surface area (Å²) in [4.78, 5) is 12.7. The zero-order chi connectivity index (χ0) is 27.1. The number of hydrogen-bond acceptors (Lipinski definition) is 4. The summed E-state index contributed by atoms with van der Waals surface area (Å²) < 4.78 is 60.6. The fourth-order valence-electron chi connectivity index (χ4n) is 4.75. The van der Waals surface area contributed by atoms with Crippen molar-refractivity contribution in [2.45, 2.75) is 44.9 Å². The van der Waals surface area contributed by atoms with Crippen LogP contribution in [0.1, 0.15) is 50.5 Å². The summed E-state index contributed by atoms with van der Waals surface area (Å²) in [6.45, 7) is 6.37. The monoisotopic (exact) mass is 524 g/mol. The van der Waals surface area contributed by atoms with Gasteiger partial charge in [-0.3, -0.25) is 4.79 Å². The van der Waals surface area contributed by atoms with Crippen LogP contribution in [0.4, 0.5) is 13.2 Å². The summed E-state index contributed by atoms with van der Waals surface area (Å²) in [6.07, 6.45) is 4.20. The second-order valence-corrected chi connectivity index (χ2v) is 9.28.